The average molecular weight is 683 g/mol. The van der Waals surface area contributed by atoms with E-state index in [2.05, 4.69) is 10.1 Å². The Hall–Kier alpha value is -5.43. The third-order valence-electron chi connectivity index (χ3n) is 5.91. The number of nitrogens with two attached hydrogens (primary N) is 1. The molecule has 15 nitrogen and oxygen atoms in total. The van der Waals surface area contributed by atoms with E-state index in [1.807, 2.05) is 10.3 Å². The average Bonchev–Trinajstić information content (AvgIpc) is 2.99. The van der Waals surface area contributed by atoms with Crippen LogP contribution in [0.15, 0.2) is 65.6 Å². The molecular weight excluding hydrogens is 653 g/mol. The Morgan fingerprint density at radius 2 is 1.68 bits per heavy atom. The Morgan fingerprint density at radius 3 is 2.23 bits per heavy atom. The number of nitrogens with one attached hydrogen (secondary N) is 4. The molecule has 0 aliphatic carbocycles. The van der Waals surface area contributed by atoms with E-state index >= 15 is 0 Å². The molecule has 3 aromatic rings. The van der Waals surface area contributed by atoms with Gasteiger partial charge < -0.3 is 25.3 Å². The quantitative estimate of drug-likeness (QED) is 0.0412. The van der Waals surface area contributed by atoms with Crippen LogP contribution in [0, 0.1) is 15.5 Å². The molecule has 6 N–H and O–H groups in total. The zero-order chi connectivity index (χ0) is 35.1. The minimum absolute atomic E-state index is 0.112. The number of amides is 1. The maximum atomic E-state index is 13.5. The molecule has 19 heteroatoms. The highest BCUT2D eigenvalue weighted by Crippen LogP contribution is 2.34. The lowest BCUT2D eigenvalue weighted by molar-refractivity contribution is -0.384. The lowest BCUT2D eigenvalue weighted by atomic mass is 10.0. The summed E-state index contributed by atoms with van der Waals surface area (Å²) in [5, 5.41) is 21.3. The van der Waals surface area contributed by atoms with Crippen molar-refractivity contribution in [1.82, 2.24) is 10.3 Å². The summed E-state index contributed by atoms with van der Waals surface area (Å²) in [4.78, 5) is 36.7. The molecule has 0 saturated heterocycles. The fourth-order valence-corrected chi connectivity index (χ4v) is 4.71. The zero-order valence-corrected chi connectivity index (χ0v) is 25.7. The first kappa shape index (κ1) is 36.0. The van der Waals surface area contributed by atoms with E-state index in [1.165, 1.54) is 24.3 Å². The summed E-state index contributed by atoms with van der Waals surface area (Å²) in [6.07, 6.45) is -5.64. The van der Waals surface area contributed by atoms with Crippen LogP contribution in [-0.4, -0.2) is 49.9 Å². The van der Waals surface area contributed by atoms with Crippen LogP contribution >= 0.6 is 0 Å². The number of anilines is 1. The molecule has 3 rings (SSSR count). The fraction of sp³-hybridized carbons (Fsp3) is 0.250. The predicted octanol–water partition coefficient (Wildman–Crippen LogP) is 3.70. The maximum Gasteiger partial charge on any atom is 0.491 e. The maximum absolute atomic E-state index is 13.5. The van der Waals surface area contributed by atoms with Gasteiger partial charge >= 0.3 is 12.1 Å². The highest BCUT2D eigenvalue weighted by molar-refractivity contribution is 7.89. The van der Waals surface area contributed by atoms with Crippen molar-refractivity contribution >= 4 is 39.1 Å². The molecule has 3 aromatic carbocycles. The van der Waals surface area contributed by atoms with Crippen molar-refractivity contribution in [3.05, 3.63) is 81.9 Å². The van der Waals surface area contributed by atoms with Crippen molar-refractivity contribution in [2.75, 3.05) is 11.9 Å². The number of non-ortho nitro benzene ring substituents is 1. The smallest absolute Gasteiger partial charge is 0.490 e. The first-order chi connectivity index (χ1) is 21.9. The van der Waals surface area contributed by atoms with Gasteiger partial charge in [-0.25, -0.2) is 13.2 Å². The van der Waals surface area contributed by atoms with Crippen LogP contribution in [0.5, 0.6) is 17.2 Å². The van der Waals surface area contributed by atoms with Crippen molar-refractivity contribution in [3.8, 4) is 17.2 Å². The van der Waals surface area contributed by atoms with Gasteiger partial charge in [0.1, 0.15) is 17.6 Å². The van der Waals surface area contributed by atoms with E-state index in [-0.39, 0.29) is 41.0 Å². The summed E-state index contributed by atoms with van der Waals surface area (Å²) >= 11 is 0. The second-order valence-corrected chi connectivity index (χ2v) is 11.4. The standard InChI is InChI=1S/C28H29F3N6O9S/c1-4-44-23-13-16(5-12-21(23)45-15(2)3)24(26(38)35-36-47(42,43)19-9-7-18(8-10-19)37(40)41)34-17-6-11-20(25(32)33)22(14-17)46-27(39)28(29,30)31/h5-15,24,34,36H,4H2,1-3H3,(H3,32,33)(H,35,38). The Bertz CT molecular complexity index is 1770. The molecule has 1 atom stereocenters. The Labute approximate surface area is 265 Å². The molecule has 1 unspecified atom stereocenters. The van der Waals surface area contributed by atoms with Crippen LogP contribution in [-0.2, 0) is 19.6 Å². The van der Waals surface area contributed by atoms with Crippen LogP contribution in [0.1, 0.15) is 37.9 Å². The number of hydrogen-bond acceptors (Lipinski definition) is 11. The van der Waals surface area contributed by atoms with E-state index < -0.39 is 55.5 Å². The monoisotopic (exact) mass is 682 g/mol. The number of rotatable bonds is 14. The van der Waals surface area contributed by atoms with Crippen LogP contribution in [0.2, 0.25) is 0 Å². The topological polar surface area (TPSA) is 225 Å². The second-order valence-electron chi connectivity index (χ2n) is 9.74. The number of nitrogen functional groups attached to an aromatic ring is 1. The fourth-order valence-electron chi connectivity index (χ4n) is 3.86. The molecule has 0 saturated carbocycles. The van der Waals surface area contributed by atoms with E-state index in [4.69, 9.17) is 20.6 Å². The van der Waals surface area contributed by atoms with Gasteiger partial charge in [-0.1, -0.05) is 6.07 Å². The number of hydrogen-bond donors (Lipinski definition) is 5. The largest absolute Gasteiger partial charge is 0.491 e. The number of nitro groups is 1. The molecule has 0 fully saturated rings. The van der Waals surface area contributed by atoms with Gasteiger partial charge in [0, 0.05) is 23.9 Å². The van der Waals surface area contributed by atoms with Crippen molar-refractivity contribution in [2.45, 2.75) is 44.0 Å². The number of halogens is 3. The van der Waals surface area contributed by atoms with Gasteiger partial charge in [0.05, 0.1) is 28.1 Å². The van der Waals surface area contributed by atoms with Crippen molar-refractivity contribution < 1.29 is 50.3 Å². The number of benzene rings is 3. The van der Waals surface area contributed by atoms with Gasteiger partial charge in [0.15, 0.2) is 11.5 Å². The molecule has 0 aromatic heterocycles. The van der Waals surface area contributed by atoms with Gasteiger partial charge in [-0.15, -0.1) is 4.83 Å². The molecule has 1 amide bonds. The molecular formula is C28H29F3N6O9S. The van der Waals surface area contributed by atoms with E-state index in [0.29, 0.717) is 5.75 Å². The van der Waals surface area contributed by atoms with E-state index in [9.17, 15) is 41.3 Å². The van der Waals surface area contributed by atoms with Gasteiger partial charge in [-0.05, 0) is 62.7 Å². The van der Waals surface area contributed by atoms with Gasteiger partial charge in [-0.3, -0.25) is 25.7 Å². The number of ether oxygens (including phenoxy) is 3. The van der Waals surface area contributed by atoms with Crippen molar-refractivity contribution in [1.29, 1.82) is 5.41 Å². The molecule has 0 heterocycles. The molecule has 47 heavy (non-hydrogen) atoms. The third-order valence-corrected chi connectivity index (χ3v) is 7.17. The van der Waals surface area contributed by atoms with Crippen LogP contribution < -0.4 is 35.5 Å². The molecule has 0 aliphatic rings. The number of hydrazine groups is 1. The van der Waals surface area contributed by atoms with Crippen molar-refractivity contribution in [3.63, 3.8) is 0 Å². The molecule has 0 aliphatic heterocycles. The van der Waals surface area contributed by atoms with Gasteiger partial charge in [-0.2, -0.15) is 13.2 Å². The number of amidine groups is 1. The molecule has 252 valence electrons. The Kier molecular flexibility index (Phi) is 11.3. The number of sulfonamides is 1. The lowest BCUT2D eigenvalue weighted by Crippen LogP contribution is -2.45. The summed E-state index contributed by atoms with van der Waals surface area (Å²) in [5.41, 5.74) is 6.78. The van der Waals surface area contributed by atoms with Crippen LogP contribution in [0.4, 0.5) is 24.5 Å². The number of alkyl halides is 3. The third kappa shape index (κ3) is 9.53. The lowest BCUT2D eigenvalue weighted by Gasteiger charge is -2.23. The zero-order valence-electron chi connectivity index (χ0n) is 24.9. The van der Waals surface area contributed by atoms with E-state index in [1.54, 1.807) is 20.8 Å². The number of nitro benzene ring substituents is 1. The highest BCUT2D eigenvalue weighted by atomic mass is 32.2. The summed E-state index contributed by atoms with van der Waals surface area (Å²) in [6.45, 7) is 5.43. The molecule has 0 bridgehead atoms. The Balaban J connectivity index is 2.02. The van der Waals surface area contributed by atoms with Crippen LogP contribution in [0.25, 0.3) is 0 Å². The van der Waals surface area contributed by atoms with E-state index in [0.717, 1.165) is 36.4 Å². The Morgan fingerprint density at radius 1 is 1.02 bits per heavy atom. The highest BCUT2D eigenvalue weighted by Gasteiger charge is 2.42. The minimum Gasteiger partial charge on any atom is -0.490 e. The molecule has 0 radical (unpaired) electrons. The normalized spacial score (nSPS) is 12.1. The summed E-state index contributed by atoms with van der Waals surface area (Å²) in [7, 11) is -4.45. The second kappa shape index (κ2) is 14.8. The predicted molar refractivity (Wildman–Crippen MR) is 160 cm³/mol. The SMILES string of the molecule is CCOc1cc(C(Nc2ccc(C(=N)N)c(OC(=O)C(F)(F)F)c2)C(=O)NNS(=O)(=O)c2ccc([N+](=O)[O-])cc2)ccc1OC(C)C. The number of carbonyl (C=O) groups excluding carboxylic acids is 2. The van der Waals surface area contributed by atoms with Crippen LogP contribution in [0.3, 0.4) is 0 Å². The first-order valence-electron chi connectivity index (χ1n) is 13.5. The summed E-state index contributed by atoms with van der Waals surface area (Å²) in [6, 6.07) is 9.82. The number of nitrogens with zero attached hydrogens (tertiary/aromatic N) is 1. The number of carbonyl (C=O) groups is 2. The number of esters is 1. The summed E-state index contributed by atoms with van der Waals surface area (Å²) < 4.78 is 80.3. The minimum atomic E-state index is -5.38. The van der Waals surface area contributed by atoms with Crippen molar-refractivity contribution in [2.24, 2.45) is 5.73 Å². The molecule has 0 spiro atoms. The van der Waals surface area contributed by atoms with Gasteiger partial charge in [0.2, 0.25) is 0 Å². The summed E-state index contributed by atoms with van der Waals surface area (Å²) in [5.74, 6) is -4.58. The van der Waals surface area contributed by atoms with Gasteiger partial charge in [0.25, 0.3) is 21.6 Å². The first-order valence-corrected chi connectivity index (χ1v) is 14.9.